The molecule has 2 N–H and O–H groups in total. The number of anilines is 2. The van der Waals surface area contributed by atoms with E-state index in [0.717, 1.165) is 11.1 Å². The van der Waals surface area contributed by atoms with Crippen LogP contribution in [-0.4, -0.2) is 39.8 Å². The number of aryl methyl sites for hydroxylation is 1. The minimum absolute atomic E-state index is 0.0191. The summed E-state index contributed by atoms with van der Waals surface area (Å²) < 4.78 is 17.5. The molecule has 1 unspecified atom stereocenters. The molecule has 0 spiro atoms. The van der Waals surface area contributed by atoms with E-state index in [0.29, 0.717) is 36.2 Å². The monoisotopic (exact) mass is 585 g/mol. The number of rotatable bonds is 8. The molecule has 4 aromatic rings. The highest BCUT2D eigenvalue weighted by Gasteiger charge is 2.51. The summed E-state index contributed by atoms with van der Waals surface area (Å²) in [4.78, 5) is 50.0. The summed E-state index contributed by atoms with van der Waals surface area (Å²) >= 11 is 0. The Bertz CT molecular complexity index is 1670. The molecule has 0 bridgehead atoms. The standard InChI is InChI=1S/C32H35N5O6/c1-21-24(36-30(40)43-31(2,3)4)11-12-25-26(21)27(38)42-29(35-25)37-18-8-15-32(37,41-20-23-9-6-5-7-10-23)28(39)34-19-22-13-16-33-17-14-22/h5-7,9-14,16-17H,8,15,18-20H2,1-4H3,(H,34,39)(H,36,40). The van der Waals surface area contributed by atoms with Crippen LogP contribution in [0, 0.1) is 6.92 Å². The van der Waals surface area contributed by atoms with Gasteiger partial charge in [0, 0.05) is 37.6 Å². The summed E-state index contributed by atoms with van der Waals surface area (Å²) in [6.07, 6.45) is 3.66. The van der Waals surface area contributed by atoms with Gasteiger partial charge in [-0.2, -0.15) is 4.98 Å². The Morgan fingerprint density at radius 3 is 2.51 bits per heavy atom. The topological polar surface area (TPSA) is 136 Å². The van der Waals surface area contributed by atoms with E-state index in [1.54, 1.807) is 57.1 Å². The van der Waals surface area contributed by atoms with Gasteiger partial charge in [-0.05, 0) is 75.1 Å². The Morgan fingerprint density at radius 1 is 1.05 bits per heavy atom. The fraction of sp³-hybridized carbons (Fsp3) is 0.344. The van der Waals surface area contributed by atoms with Gasteiger partial charge < -0.3 is 19.2 Å². The van der Waals surface area contributed by atoms with E-state index < -0.39 is 23.0 Å². The summed E-state index contributed by atoms with van der Waals surface area (Å²) in [5.74, 6) is -0.365. The molecule has 11 heteroatoms. The van der Waals surface area contributed by atoms with Crippen molar-refractivity contribution in [2.75, 3.05) is 16.8 Å². The number of carbonyl (C=O) groups is 2. The van der Waals surface area contributed by atoms with Gasteiger partial charge in [0.1, 0.15) is 5.60 Å². The van der Waals surface area contributed by atoms with Crippen LogP contribution in [0.1, 0.15) is 50.3 Å². The Balaban J connectivity index is 1.47. The van der Waals surface area contributed by atoms with Crippen molar-refractivity contribution < 1.29 is 23.5 Å². The molecule has 11 nitrogen and oxygen atoms in total. The number of amides is 2. The second-order valence-electron chi connectivity index (χ2n) is 11.4. The van der Waals surface area contributed by atoms with Crippen LogP contribution in [0.25, 0.3) is 10.9 Å². The Morgan fingerprint density at radius 2 is 1.79 bits per heavy atom. The third-order valence-electron chi connectivity index (χ3n) is 7.12. The van der Waals surface area contributed by atoms with Crippen molar-refractivity contribution in [2.24, 2.45) is 0 Å². The van der Waals surface area contributed by atoms with E-state index in [4.69, 9.17) is 13.9 Å². The van der Waals surface area contributed by atoms with Gasteiger partial charge in [0.15, 0.2) is 0 Å². The zero-order chi connectivity index (χ0) is 30.6. The molecular weight excluding hydrogens is 550 g/mol. The van der Waals surface area contributed by atoms with Crippen LogP contribution >= 0.6 is 0 Å². The maximum absolute atomic E-state index is 13.9. The first-order valence-corrected chi connectivity index (χ1v) is 14.1. The summed E-state index contributed by atoms with van der Waals surface area (Å²) in [6, 6.07) is 16.5. The van der Waals surface area contributed by atoms with E-state index in [2.05, 4.69) is 20.6 Å². The predicted octanol–water partition coefficient (Wildman–Crippen LogP) is 5.07. The van der Waals surface area contributed by atoms with Crippen molar-refractivity contribution >= 4 is 34.6 Å². The van der Waals surface area contributed by atoms with Crippen molar-refractivity contribution in [3.8, 4) is 0 Å². The van der Waals surface area contributed by atoms with Crippen LogP contribution in [0.3, 0.4) is 0 Å². The number of ether oxygens (including phenoxy) is 2. The first-order chi connectivity index (χ1) is 20.6. The largest absolute Gasteiger partial charge is 0.444 e. The number of aromatic nitrogens is 2. The lowest BCUT2D eigenvalue weighted by Gasteiger charge is -2.36. The van der Waals surface area contributed by atoms with E-state index in [9.17, 15) is 14.4 Å². The fourth-order valence-corrected chi connectivity index (χ4v) is 5.06. The molecule has 2 amide bonds. The van der Waals surface area contributed by atoms with Crippen LogP contribution in [0.15, 0.2) is 76.2 Å². The van der Waals surface area contributed by atoms with Gasteiger partial charge in [0.2, 0.25) is 5.72 Å². The molecular formula is C32H35N5O6. The zero-order valence-electron chi connectivity index (χ0n) is 24.7. The van der Waals surface area contributed by atoms with Crippen molar-refractivity contribution in [3.63, 3.8) is 0 Å². The van der Waals surface area contributed by atoms with E-state index in [-0.39, 0.29) is 30.5 Å². The van der Waals surface area contributed by atoms with Gasteiger partial charge in [-0.25, -0.2) is 9.59 Å². The van der Waals surface area contributed by atoms with Crippen LogP contribution in [0.4, 0.5) is 16.5 Å². The maximum atomic E-state index is 13.9. The summed E-state index contributed by atoms with van der Waals surface area (Å²) in [5.41, 5.74) is 0.231. The second-order valence-corrected chi connectivity index (χ2v) is 11.4. The number of hydrogen-bond acceptors (Lipinski definition) is 9. The van der Waals surface area contributed by atoms with E-state index in [1.165, 1.54) is 0 Å². The smallest absolute Gasteiger partial charge is 0.412 e. The Hall–Kier alpha value is -4.77. The molecule has 224 valence electrons. The van der Waals surface area contributed by atoms with Gasteiger partial charge >= 0.3 is 17.7 Å². The molecule has 0 saturated carbocycles. The van der Waals surface area contributed by atoms with Crippen molar-refractivity contribution in [3.05, 3.63) is 94.1 Å². The Labute approximate surface area is 249 Å². The third-order valence-corrected chi connectivity index (χ3v) is 7.12. The molecule has 1 aliphatic heterocycles. The first-order valence-electron chi connectivity index (χ1n) is 14.1. The lowest BCUT2D eigenvalue weighted by Crippen LogP contribution is -2.57. The van der Waals surface area contributed by atoms with E-state index in [1.807, 2.05) is 42.5 Å². The van der Waals surface area contributed by atoms with Crippen molar-refractivity contribution in [1.29, 1.82) is 0 Å². The summed E-state index contributed by atoms with van der Waals surface area (Å²) in [7, 11) is 0. The molecule has 0 aliphatic carbocycles. The molecule has 43 heavy (non-hydrogen) atoms. The number of nitrogens with one attached hydrogen (secondary N) is 2. The normalized spacial score (nSPS) is 16.7. The van der Waals surface area contributed by atoms with Crippen molar-refractivity contribution in [2.45, 2.75) is 65.0 Å². The fourth-order valence-electron chi connectivity index (χ4n) is 5.06. The molecule has 2 aromatic heterocycles. The number of pyridine rings is 1. The van der Waals surface area contributed by atoms with Gasteiger partial charge in [-0.15, -0.1) is 0 Å². The number of hydrogen-bond donors (Lipinski definition) is 2. The predicted molar refractivity (Wildman–Crippen MR) is 161 cm³/mol. The van der Waals surface area contributed by atoms with Crippen molar-refractivity contribution in [1.82, 2.24) is 15.3 Å². The number of carbonyl (C=O) groups excluding carboxylic acids is 2. The lowest BCUT2D eigenvalue weighted by atomic mass is 10.1. The molecule has 1 aliphatic rings. The molecule has 1 atom stereocenters. The minimum atomic E-state index is -1.47. The molecule has 1 saturated heterocycles. The first kappa shape index (κ1) is 29.7. The quantitative estimate of drug-likeness (QED) is 0.291. The minimum Gasteiger partial charge on any atom is -0.444 e. The SMILES string of the molecule is Cc1c(NC(=O)OC(C)(C)C)ccc2nc(N3CCCC3(OCc3ccccc3)C(=O)NCc3ccncc3)oc(=O)c12. The van der Waals surface area contributed by atoms with Crippen LogP contribution in [0.5, 0.6) is 0 Å². The number of benzene rings is 2. The van der Waals surface area contributed by atoms with Crippen LogP contribution in [0.2, 0.25) is 0 Å². The average molecular weight is 586 g/mol. The van der Waals surface area contributed by atoms with Gasteiger partial charge in [0.25, 0.3) is 5.91 Å². The third kappa shape index (κ3) is 6.67. The highest BCUT2D eigenvalue weighted by atomic mass is 16.6. The molecule has 2 aromatic carbocycles. The molecule has 1 fully saturated rings. The van der Waals surface area contributed by atoms with Gasteiger partial charge in [-0.1, -0.05) is 30.3 Å². The lowest BCUT2D eigenvalue weighted by molar-refractivity contribution is -0.148. The van der Waals surface area contributed by atoms with E-state index >= 15 is 0 Å². The Kier molecular flexibility index (Phi) is 8.45. The maximum Gasteiger partial charge on any atom is 0.412 e. The van der Waals surface area contributed by atoms with Crippen LogP contribution in [-0.2, 0) is 27.4 Å². The molecule has 0 radical (unpaired) electrons. The summed E-state index contributed by atoms with van der Waals surface area (Å²) in [6.45, 7) is 7.81. The average Bonchev–Trinajstić information content (AvgIpc) is 3.41. The highest BCUT2D eigenvalue weighted by molar-refractivity contribution is 5.93. The molecule has 5 rings (SSSR count). The highest BCUT2D eigenvalue weighted by Crippen LogP contribution is 2.36. The zero-order valence-corrected chi connectivity index (χ0v) is 24.7. The van der Waals surface area contributed by atoms with Gasteiger partial charge in [-0.3, -0.25) is 20.0 Å². The number of fused-ring (bicyclic) bond motifs is 1. The summed E-state index contributed by atoms with van der Waals surface area (Å²) in [5, 5.41) is 5.89. The van der Waals surface area contributed by atoms with Gasteiger partial charge in [0.05, 0.1) is 17.5 Å². The molecule has 3 heterocycles. The number of nitrogens with zero attached hydrogens (tertiary/aromatic N) is 3. The van der Waals surface area contributed by atoms with Crippen LogP contribution < -0.4 is 21.2 Å². The second kappa shape index (κ2) is 12.2.